The van der Waals surface area contributed by atoms with E-state index < -0.39 is 36.9 Å². The van der Waals surface area contributed by atoms with Crippen molar-refractivity contribution in [2.75, 3.05) is 13.1 Å². The van der Waals surface area contributed by atoms with E-state index in [2.05, 4.69) is 30.3 Å². The summed E-state index contributed by atoms with van der Waals surface area (Å²) in [5.41, 5.74) is 1.39. The van der Waals surface area contributed by atoms with Gasteiger partial charge in [0.25, 0.3) is 5.91 Å². The van der Waals surface area contributed by atoms with Crippen LogP contribution in [0.1, 0.15) is 27.4 Å². The van der Waals surface area contributed by atoms with E-state index in [0.29, 0.717) is 27.5 Å². The molecule has 0 aliphatic carbocycles. The van der Waals surface area contributed by atoms with Gasteiger partial charge in [0.1, 0.15) is 5.69 Å². The lowest BCUT2D eigenvalue weighted by Gasteiger charge is -2.26. The Kier molecular flexibility index (Phi) is 5.18. The largest absolute Gasteiger partial charge is 0.345 e. The first-order valence-electron chi connectivity index (χ1n) is 9.25. The molecule has 170 valence electrons. The fourth-order valence-corrected chi connectivity index (χ4v) is 3.03. The van der Waals surface area contributed by atoms with Gasteiger partial charge in [0.05, 0.1) is 37.7 Å². The molecule has 1 saturated heterocycles. The van der Waals surface area contributed by atoms with Crippen LogP contribution < -0.4 is 10.6 Å². The maximum atomic E-state index is 13.8. The van der Waals surface area contributed by atoms with Gasteiger partial charge in [0, 0.05) is 6.54 Å². The molecule has 4 rings (SSSR count). The van der Waals surface area contributed by atoms with Gasteiger partial charge in [-0.1, -0.05) is 5.16 Å². The van der Waals surface area contributed by atoms with E-state index >= 15 is 0 Å². The van der Waals surface area contributed by atoms with E-state index in [0.717, 1.165) is 0 Å². The van der Waals surface area contributed by atoms with Crippen LogP contribution in [-0.2, 0) is 13.1 Å². The maximum absolute atomic E-state index is 13.8. The van der Waals surface area contributed by atoms with Crippen LogP contribution in [0.25, 0.3) is 5.65 Å². The molecule has 0 spiro atoms. The molecule has 0 unspecified atom stereocenters. The predicted octanol–water partition coefficient (Wildman–Crippen LogP) is 1.15. The summed E-state index contributed by atoms with van der Waals surface area (Å²) in [6.07, 6.45) is 2.83. The number of aromatic nitrogens is 5. The Labute approximate surface area is 176 Å². The molecule has 3 aromatic heterocycles. The number of imidazole rings is 1. The van der Waals surface area contributed by atoms with Gasteiger partial charge in [-0.3, -0.25) is 4.79 Å². The third-order valence-corrected chi connectivity index (χ3v) is 4.77. The Hall–Kier alpha value is -3.78. The molecule has 0 bridgehead atoms. The van der Waals surface area contributed by atoms with Crippen molar-refractivity contribution in [1.82, 2.24) is 40.4 Å². The minimum Gasteiger partial charge on any atom is -0.345 e. The zero-order valence-corrected chi connectivity index (χ0v) is 16.5. The van der Waals surface area contributed by atoms with Crippen LogP contribution in [0.4, 0.5) is 22.4 Å². The van der Waals surface area contributed by atoms with Gasteiger partial charge in [-0.25, -0.2) is 18.9 Å². The molecule has 15 heteroatoms. The number of carbonyl (C=O) groups is 2. The summed E-state index contributed by atoms with van der Waals surface area (Å²) in [5.74, 6) is -9.26. The monoisotopic (exact) mass is 456 g/mol. The number of aryl methyl sites for hydroxylation is 1. The Morgan fingerprint density at radius 3 is 2.78 bits per heavy atom. The summed E-state index contributed by atoms with van der Waals surface area (Å²) in [4.78, 5) is 28.9. The van der Waals surface area contributed by atoms with Crippen molar-refractivity contribution >= 4 is 17.6 Å². The van der Waals surface area contributed by atoms with Crippen LogP contribution in [0.3, 0.4) is 0 Å². The highest BCUT2D eigenvalue weighted by Gasteiger charge is 2.59. The second kappa shape index (κ2) is 7.72. The third-order valence-electron chi connectivity index (χ3n) is 4.77. The number of nitrogens with zero attached hydrogens (tertiary/aromatic N) is 6. The Morgan fingerprint density at radius 1 is 1.28 bits per heavy atom. The normalized spacial score (nSPS) is 17.8. The molecular formula is C17H16F4N8O3. The van der Waals surface area contributed by atoms with Gasteiger partial charge in [0.15, 0.2) is 11.3 Å². The van der Waals surface area contributed by atoms with Gasteiger partial charge < -0.3 is 15.5 Å². The highest BCUT2D eigenvalue weighted by atomic mass is 19.3. The highest BCUT2D eigenvalue weighted by Crippen LogP contribution is 2.36. The zero-order valence-electron chi connectivity index (χ0n) is 16.5. The molecule has 3 amide bonds. The van der Waals surface area contributed by atoms with E-state index in [1.54, 1.807) is 12.2 Å². The fourth-order valence-electron chi connectivity index (χ4n) is 3.03. The van der Waals surface area contributed by atoms with Crippen LogP contribution in [0, 0.1) is 6.92 Å². The van der Waals surface area contributed by atoms with Crippen molar-refractivity contribution in [3.63, 3.8) is 0 Å². The molecule has 11 nitrogen and oxygen atoms in total. The van der Waals surface area contributed by atoms with E-state index in [-0.39, 0.29) is 18.8 Å². The first-order chi connectivity index (χ1) is 15.1. The van der Waals surface area contributed by atoms with Crippen molar-refractivity contribution in [2.45, 2.75) is 31.9 Å². The molecule has 0 saturated carbocycles. The summed E-state index contributed by atoms with van der Waals surface area (Å²) in [6.45, 7) is -1.69. The van der Waals surface area contributed by atoms with Gasteiger partial charge in [-0.05, 0) is 23.7 Å². The lowest BCUT2D eigenvalue weighted by atomic mass is 10.1. The van der Waals surface area contributed by atoms with Crippen LogP contribution in [-0.4, -0.2) is 66.7 Å². The number of fused-ring (bicyclic) bond motifs is 1. The molecule has 3 aromatic rings. The molecule has 4 heterocycles. The average Bonchev–Trinajstić information content (AvgIpc) is 3.32. The van der Waals surface area contributed by atoms with Crippen molar-refractivity contribution < 1.29 is 31.8 Å². The van der Waals surface area contributed by atoms with Crippen molar-refractivity contribution in [2.24, 2.45) is 0 Å². The Balaban J connectivity index is 1.46. The summed E-state index contributed by atoms with van der Waals surface area (Å²) in [6, 6.07) is 0.435. The van der Waals surface area contributed by atoms with Gasteiger partial charge in [-0.2, -0.15) is 22.7 Å². The number of amides is 3. The Bertz CT molecular complexity index is 1180. The standard InChI is InChI=1S/C17H16F4N8O3/c1-9-13(27-32-26-9)14(30)22-4-11-6-29-12(25-11)2-10(3-24-29)5-28-8-17(20,21)16(18,19)7-23-15(28)31/h2-3,6H,4-5,7-8H2,1H3,(H,22,30)(H,23,31). The summed E-state index contributed by atoms with van der Waals surface area (Å²) in [5, 5.41) is 15.5. The molecule has 1 fully saturated rings. The topological polar surface area (TPSA) is 131 Å². The van der Waals surface area contributed by atoms with Crippen LogP contribution in [0.15, 0.2) is 23.1 Å². The van der Waals surface area contributed by atoms with E-state index in [1.807, 2.05) is 0 Å². The number of carbonyl (C=O) groups excluding carboxylic acids is 2. The van der Waals surface area contributed by atoms with E-state index in [4.69, 9.17) is 0 Å². The zero-order chi connectivity index (χ0) is 23.1. The average molecular weight is 456 g/mol. The number of halogens is 4. The number of nitrogens with one attached hydrogen (secondary N) is 2. The minimum absolute atomic E-state index is 0.0274. The van der Waals surface area contributed by atoms with Crippen molar-refractivity contribution in [1.29, 1.82) is 0 Å². The van der Waals surface area contributed by atoms with Gasteiger partial charge in [-0.15, -0.1) is 0 Å². The van der Waals surface area contributed by atoms with Crippen LogP contribution in [0.5, 0.6) is 0 Å². The molecule has 1 aliphatic heterocycles. The molecule has 32 heavy (non-hydrogen) atoms. The summed E-state index contributed by atoms with van der Waals surface area (Å²) in [7, 11) is 0. The second-order valence-corrected chi connectivity index (χ2v) is 7.20. The number of urea groups is 1. The number of rotatable bonds is 5. The lowest BCUT2D eigenvalue weighted by Crippen LogP contribution is -2.48. The molecule has 2 N–H and O–H groups in total. The number of hydrogen-bond donors (Lipinski definition) is 2. The molecule has 0 aromatic carbocycles. The lowest BCUT2D eigenvalue weighted by molar-refractivity contribution is -0.204. The van der Waals surface area contributed by atoms with Crippen molar-refractivity contribution in [3.05, 3.63) is 41.1 Å². The minimum atomic E-state index is -4.39. The predicted molar refractivity (Wildman–Crippen MR) is 96.9 cm³/mol. The first kappa shape index (κ1) is 21.5. The number of alkyl halides is 4. The Morgan fingerprint density at radius 2 is 2.06 bits per heavy atom. The highest BCUT2D eigenvalue weighted by molar-refractivity contribution is 5.92. The van der Waals surface area contributed by atoms with E-state index in [1.165, 1.54) is 23.0 Å². The summed E-state index contributed by atoms with van der Waals surface area (Å²) >= 11 is 0. The van der Waals surface area contributed by atoms with Crippen LogP contribution >= 0.6 is 0 Å². The molecule has 0 atom stereocenters. The van der Waals surface area contributed by atoms with Gasteiger partial charge in [0.2, 0.25) is 0 Å². The quantitative estimate of drug-likeness (QED) is 0.551. The molecule has 1 aliphatic rings. The second-order valence-electron chi connectivity index (χ2n) is 7.20. The first-order valence-corrected chi connectivity index (χ1v) is 9.25. The fraction of sp³-hybridized carbons (Fsp3) is 0.412. The van der Waals surface area contributed by atoms with Crippen molar-refractivity contribution in [3.8, 4) is 0 Å². The smallest absolute Gasteiger partial charge is 0.329 e. The molecular weight excluding hydrogens is 440 g/mol. The van der Waals surface area contributed by atoms with Crippen LogP contribution in [0.2, 0.25) is 0 Å². The SMILES string of the molecule is Cc1nonc1C(=O)NCc1cn2ncc(CN3CC(F)(F)C(F)(F)CNC3=O)cc2n1. The molecule has 0 radical (unpaired) electrons. The van der Waals surface area contributed by atoms with E-state index in [9.17, 15) is 27.2 Å². The van der Waals surface area contributed by atoms with Gasteiger partial charge >= 0.3 is 17.9 Å². The number of hydrogen-bond acceptors (Lipinski definition) is 7. The third kappa shape index (κ3) is 4.04. The summed E-state index contributed by atoms with van der Waals surface area (Å²) < 4.78 is 60.6. The maximum Gasteiger partial charge on any atom is 0.329 e.